The number of fused-ring (bicyclic) bond motifs is 1. The van der Waals surface area contributed by atoms with Crippen LogP contribution in [0.15, 0.2) is 18.2 Å². The molecule has 156 valence electrons. The summed E-state index contributed by atoms with van der Waals surface area (Å²) < 4.78 is 14.9. The van der Waals surface area contributed by atoms with Gasteiger partial charge in [0.05, 0.1) is 22.9 Å². The minimum atomic E-state index is -0.995. The minimum absolute atomic E-state index is 0.0503. The summed E-state index contributed by atoms with van der Waals surface area (Å²) in [5.74, 6) is -0.105. The number of hydrogen-bond donors (Lipinski definition) is 4. The first-order chi connectivity index (χ1) is 13.7. The zero-order valence-electron chi connectivity index (χ0n) is 16.0. The van der Waals surface area contributed by atoms with Crippen LogP contribution in [-0.4, -0.2) is 38.1 Å². The number of halogens is 2. The first-order valence-electron chi connectivity index (χ1n) is 9.63. The standard InChI is InChI=1S/C20H24ClFN4O3/c1-26-18(23)16(19(28)24-13-2-3-15(22)14(21)6-13)17(25-26)10-4-11-7-20(29,9-27)8-12(11)5-10/h2-3,6,10-12,27,29H,4-5,7-9,23H2,1H3,(H,24,28). The van der Waals surface area contributed by atoms with E-state index in [1.165, 1.54) is 22.9 Å². The number of nitrogens with one attached hydrogen (secondary N) is 1. The summed E-state index contributed by atoms with van der Waals surface area (Å²) >= 11 is 5.80. The molecule has 0 bridgehead atoms. The molecule has 1 aromatic carbocycles. The van der Waals surface area contributed by atoms with Crippen molar-refractivity contribution >= 4 is 29.0 Å². The Bertz CT molecular complexity index is 949. The van der Waals surface area contributed by atoms with Crippen molar-refractivity contribution in [2.45, 2.75) is 37.2 Å². The molecule has 9 heteroatoms. The molecule has 2 unspecified atom stereocenters. The van der Waals surface area contributed by atoms with Crippen molar-refractivity contribution < 1.29 is 19.4 Å². The lowest BCUT2D eigenvalue weighted by Gasteiger charge is -2.21. The minimum Gasteiger partial charge on any atom is -0.393 e. The first-order valence-corrected chi connectivity index (χ1v) is 10.0. The monoisotopic (exact) mass is 422 g/mol. The largest absolute Gasteiger partial charge is 0.393 e. The normalized spacial score (nSPS) is 28.5. The van der Waals surface area contributed by atoms with Gasteiger partial charge in [0.25, 0.3) is 5.91 Å². The highest BCUT2D eigenvalue weighted by Gasteiger charge is 2.49. The second kappa shape index (κ2) is 7.27. The van der Waals surface area contributed by atoms with E-state index in [4.69, 9.17) is 17.3 Å². The van der Waals surface area contributed by atoms with E-state index in [0.29, 0.717) is 29.8 Å². The van der Waals surface area contributed by atoms with Gasteiger partial charge in [-0.25, -0.2) is 4.39 Å². The summed E-state index contributed by atoms with van der Waals surface area (Å²) in [4.78, 5) is 13.0. The number of aliphatic hydroxyl groups excluding tert-OH is 1. The molecule has 7 nitrogen and oxygen atoms in total. The average Bonchev–Trinajstić information content (AvgIpc) is 3.28. The third-order valence-electron chi connectivity index (χ3n) is 6.33. The van der Waals surface area contributed by atoms with Crippen molar-refractivity contribution in [3.63, 3.8) is 0 Å². The van der Waals surface area contributed by atoms with E-state index in [9.17, 15) is 19.4 Å². The van der Waals surface area contributed by atoms with Crippen molar-refractivity contribution in [2.75, 3.05) is 17.7 Å². The maximum atomic E-state index is 13.4. The fourth-order valence-corrected chi connectivity index (χ4v) is 5.15. The number of hydrogen-bond acceptors (Lipinski definition) is 5. The SMILES string of the molecule is Cn1nc(C2CC3CC(O)(CO)CC3C2)c(C(=O)Nc2ccc(F)c(Cl)c2)c1N. The van der Waals surface area contributed by atoms with Crippen LogP contribution in [0.1, 0.15) is 47.7 Å². The smallest absolute Gasteiger partial charge is 0.261 e. The first kappa shape index (κ1) is 20.1. The highest BCUT2D eigenvalue weighted by atomic mass is 35.5. The van der Waals surface area contributed by atoms with Gasteiger partial charge in [-0.15, -0.1) is 0 Å². The molecule has 29 heavy (non-hydrogen) atoms. The van der Waals surface area contributed by atoms with Crippen LogP contribution in [0.4, 0.5) is 15.9 Å². The van der Waals surface area contributed by atoms with Crippen LogP contribution in [0.3, 0.4) is 0 Å². The Morgan fingerprint density at radius 1 is 1.41 bits per heavy atom. The fraction of sp³-hybridized carbons (Fsp3) is 0.500. The molecule has 2 aliphatic carbocycles. The van der Waals surface area contributed by atoms with Gasteiger partial charge >= 0.3 is 0 Å². The highest BCUT2D eigenvalue weighted by molar-refractivity contribution is 6.31. The molecule has 1 heterocycles. The number of carbonyl (C=O) groups is 1. The predicted octanol–water partition coefficient (Wildman–Crippen LogP) is 2.67. The van der Waals surface area contributed by atoms with Crippen LogP contribution in [0, 0.1) is 17.7 Å². The molecule has 1 aromatic heterocycles. The highest BCUT2D eigenvalue weighted by Crippen LogP contribution is 2.54. The molecule has 0 saturated heterocycles. The van der Waals surface area contributed by atoms with Crippen LogP contribution >= 0.6 is 11.6 Å². The maximum Gasteiger partial charge on any atom is 0.261 e. The Morgan fingerprint density at radius 3 is 2.66 bits per heavy atom. The van der Waals surface area contributed by atoms with Crippen molar-refractivity contribution in [3.05, 3.63) is 40.3 Å². The summed E-state index contributed by atoms with van der Waals surface area (Å²) in [5, 5.41) is 26.9. The van der Waals surface area contributed by atoms with Gasteiger partial charge < -0.3 is 21.3 Å². The second-order valence-corrected chi connectivity index (χ2v) is 8.74. The van der Waals surface area contributed by atoms with E-state index in [1.807, 2.05) is 0 Å². The number of anilines is 2. The van der Waals surface area contributed by atoms with Gasteiger partial charge in [0, 0.05) is 18.7 Å². The zero-order chi connectivity index (χ0) is 20.9. The van der Waals surface area contributed by atoms with Gasteiger partial charge in [0.15, 0.2) is 0 Å². The van der Waals surface area contributed by atoms with Crippen LogP contribution in [0.25, 0.3) is 0 Å². The number of rotatable bonds is 4. The third-order valence-corrected chi connectivity index (χ3v) is 6.62. The molecular formula is C20H24ClFN4O3. The van der Waals surface area contributed by atoms with E-state index < -0.39 is 17.3 Å². The van der Waals surface area contributed by atoms with Gasteiger partial charge in [0.2, 0.25) is 0 Å². The molecule has 2 saturated carbocycles. The van der Waals surface area contributed by atoms with Crippen LogP contribution in [0.2, 0.25) is 5.02 Å². The summed E-state index contributed by atoms with van der Waals surface area (Å²) in [5.41, 5.74) is 6.47. The van der Waals surface area contributed by atoms with E-state index in [-0.39, 0.29) is 35.2 Å². The number of nitrogens with zero attached hydrogens (tertiary/aromatic N) is 2. The Labute approximate surface area is 172 Å². The van der Waals surface area contributed by atoms with Crippen molar-refractivity contribution in [3.8, 4) is 0 Å². The molecule has 2 aliphatic rings. The van der Waals surface area contributed by atoms with Gasteiger partial charge in [0.1, 0.15) is 17.2 Å². The number of aliphatic hydroxyl groups is 2. The summed E-state index contributed by atoms with van der Waals surface area (Å²) in [6.07, 6.45) is 2.68. The Hall–Kier alpha value is -2.16. The third kappa shape index (κ3) is 3.60. The molecule has 2 fully saturated rings. The molecule has 0 spiro atoms. The summed E-state index contributed by atoms with van der Waals surface area (Å²) in [7, 11) is 1.69. The lowest BCUT2D eigenvalue weighted by atomic mass is 9.92. The Balaban J connectivity index is 1.57. The van der Waals surface area contributed by atoms with Crippen LogP contribution < -0.4 is 11.1 Å². The van der Waals surface area contributed by atoms with E-state index in [1.54, 1.807) is 7.05 Å². The fourth-order valence-electron chi connectivity index (χ4n) is 4.97. The van der Waals surface area contributed by atoms with Gasteiger partial charge in [-0.1, -0.05) is 11.6 Å². The maximum absolute atomic E-state index is 13.4. The van der Waals surface area contributed by atoms with E-state index in [0.717, 1.165) is 12.8 Å². The van der Waals surface area contributed by atoms with E-state index >= 15 is 0 Å². The van der Waals surface area contributed by atoms with Crippen LogP contribution in [0.5, 0.6) is 0 Å². The molecule has 1 amide bonds. The predicted molar refractivity (Wildman–Crippen MR) is 107 cm³/mol. The zero-order valence-corrected chi connectivity index (χ0v) is 16.8. The lowest BCUT2D eigenvalue weighted by Crippen LogP contribution is -2.30. The van der Waals surface area contributed by atoms with E-state index in [2.05, 4.69) is 10.4 Å². The number of amides is 1. The number of aryl methyl sites for hydroxylation is 1. The van der Waals surface area contributed by atoms with Crippen molar-refractivity contribution in [2.24, 2.45) is 18.9 Å². The lowest BCUT2D eigenvalue weighted by molar-refractivity contribution is -0.0152. The van der Waals surface area contributed by atoms with Crippen molar-refractivity contribution in [1.82, 2.24) is 9.78 Å². The van der Waals surface area contributed by atoms with Crippen molar-refractivity contribution in [1.29, 1.82) is 0 Å². The molecular weight excluding hydrogens is 399 g/mol. The van der Waals surface area contributed by atoms with Crippen LogP contribution in [-0.2, 0) is 7.05 Å². The quantitative estimate of drug-likeness (QED) is 0.605. The number of nitrogens with two attached hydrogens (primary N) is 1. The number of benzene rings is 1. The Kier molecular flexibility index (Phi) is 5.04. The van der Waals surface area contributed by atoms with Gasteiger partial charge in [-0.3, -0.25) is 9.48 Å². The van der Waals surface area contributed by atoms with Gasteiger partial charge in [-0.2, -0.15) is 5.10 Å². The number of carbonyl (C=O) groups excluding carboxylic acids is 1. The molecule has 2 aromatic rings. The molecule has 0 radical (unpaired) electrons. The number of aromatic nitrogens is 2. The number of nitrogen functional groups attached to an aromatic ring is 1. The average molecular weight is 423 g/mol. The topological polar surface area (TPSA) is 113 Å². The summed E-state index contributed by atoms with van der Waals surface area (Å²) in [6.45, 7) is -0.227. The Morgan fingerprint density at radius 2 is 2.07 bits per heavy atom. The molecule has 5 N–H and O–H groups in total. The van der Waals surface area contributed by atoms with Gasteiger partial charge in [-0.05, 0) is 55.7 Å². The molecule has 4 rings (SSSR count). The molecule has 2 atom stereocenters. The second-order valence-electron chi connectivity index (χ2n) is 8.33. The summed E-state index contributed by atoms with van der Waals surface area (Å²) in [6, 6.07) is 3.96. The molecule has 0 aliphatic heterocycles.